The van der Waals surface area contributed by atoms with Crippen LogP contribution in [0.1, 0.15) is 33.4 Å². The minimum absolute atomic E-state index is 0.0881. The van der Waals surface area contributed by atoms with Crippen molar-refractivity contribution < 1.29 is 9.21 Å². The van der Waals surface area contributed by atoms with E-state index in [0.717, 1.165) is 22.0 Å². The van der Waals surface area contributed by atoms with Gasteiger partial charge in [0.2, 0.25) is 0 Å². The Morgan fingerprint density at radius 3 is 2.63 bits per heavy atom. The number of aromatic nitrogens is 1. The number of nitrogens with one attached hydrogen (secondary N) is 2. The van der Waals surface area contributed by atoms with Gasteiger partial charge in [0, 0.05) is 34.6 Å². The van der Waals surface area contributed by atoms with Crippen LogP contribution >= 0.6 is 11.6 Å². The fourth-order valence-corrected chi connectivity index (χ4v) is 3.63. The van der Waals surface area contributed by atoms with Gasteiger partial charge in [-0.05, 0) is 42.3 Å². The molecule has 4 rings (SSSR count). The summed E-state index contributed by atoms with van der Waals surface area (Å²) in [5.74, 6) is 0.693. The van der Waals surface area contributed by atoms with Crippen LogP contribution in [0.2, 0.25) is 5.02 Å². The highest BCUT2D eigenvalue weighted by molar-refractivity contribution is 6.31. The molecule has 0 saturated heterocycles. The SMILES string of the molecule is Cc1ccc(C(=O)NCC(c2ccccc2Cl)c2c[nH]c3ccccc23)o1. The third-order valence-corrected chi connectivity index (χ3v) is 5.05. The summed E-state index contributed by atoms with van der Waals surface area (Å²) < 4.78 is 5.42. The van der Waals surface area contributed by atoms with Gasteiger partial charge in [-0.25, -0.2) is 0 Å². The number of hydrogen-bond acceptors (Lipinski definition) is 2. The summed E-state index contributed by atoms with van der Waals surface area (Å²) >= 11 is 6.48. The first-order valence-corrected chi connectivity index (χ1v) is 9.16. The molecular formula is C22H19ClN2O2. The van der Waals surface area contributed by atoms with Crippen molar-refractivity contribution in [3.63, 3.8) is 0 Å². The number of carbonyl (C=O) groups excluding carboxylic acids is 1. The van der Waals surface area contributed by atoms with Crippen molar-refractivity contribution in [3.8, 4) is 0 Å². The fraction of sp³-hybridized carbons (Fsp3) is 0.136. The van der Waals surface area contributed by atoms with Gasteiger partial charge < -0.3 is 14.7 Å². The quantitative estimate of drug-likeness (QED) is 0.496. The summed E-state index contributed by atoms with van der Waals surface area (Å²) in [6.45, 7) is 2.22. The molecule has 27 heavy (non-hydrogen) atoms. The van der Waals surface area contributed by atoms with Crippen LogP contribution in [0.3, 0.4) is 0 Å². The molecule has 1 unspecified atom stereocenters. The molecule has 0 aliphatic rings. The Hall–Kier alpha value is -2.98. The van der Waals surface area contributed by atoms with Crippen molar-refractivity contribution >= 4 is 28.4 Å². The van der Waals surface area contributed by atoms with Crippen LogP contribution in [0.15, 0.2) is 71.3 Å². The predicted octanol–water partition coefficient (Wildman–Crippen LogP) is 5.28. The molecule has 0 fully saturated rings. The van der Waals surface area contributed by atoms with Gasteiger partial charge in [0.05, 0.1) is 0 Å². The second-order valence-corrected chi connectivity index (χ2v) is 6.89. The molecule has 5 heteroatoms. The van der Waals surface area contributed by atoms with E-state index in [-0.39, 0.29) is 11.8 Å². The number of halogens is 1. The minimum Gasteiger partial charge on any atom is -0.456 e. The lowest BCUT2D eigenvalue weighted by Crippen LogP contribution is -2.28. The third-order valence-electron chi connectivity index (χ3n) is 4.71. The fourth-order valence-electron chi connectivity index (χ4n) is 3.37. The zero-order valence-corrected chi connectivity index (χ0v) is 15.6. The highest BCUT2D eigenvalue weighted by Gasteiger charge is 2.22. The molecule has 2 aromatic carbocycles. The Bertz CT molecular complexity index is 1100. The predicted molar refractivity (Wildman–Crippen MR) is 107 cm³/mol. The molecule has 0 saturated carbocycles. The molecule has 0 bridgehead atoms. The van der Waals surface area contributed by atoms with Gasteiger partial charge >= 0.3 is 0 Å². The third kappa shape index (κ3) is 3.49. The number of carbonyl (C=O) groups is 1. The zero-order valence-electron chi connectivity index (χ0n) is 14.8. The smallest absolute Gasteiger partial charge is 0.287 e. The van der Waals surface area contributed by atoms with E-state index in [1.54, 1.807) is 12.1 Å². The van der Waals surface area contributed by atoms with E-state index in [0.29, 0.717) is 23.1 Å². The largest absolute Gasteiger partial charge is 0.456 e. The molecule has 0 aliphatic heterocycles. The summed E-state index contributed by atoms with van der Waals surface area (Å²) in [5, 5.41) is 4.78. The Labute approximate surface area is 162 Å². The topological polar surface area (TPSA) is 58.0 Å². The molecule has 2 aromatic heterocycles. The highest BCUT2D eigenvalue weighted by Crippen LogP contribution is 2.34. The average molecular weight is 379 g/mol. The molecule has 136 valence electrons. The van der Waals surface area contributed by atoms with E-state index in [1.165, 1.54) is 0 Å². The van der Waals surface area contributed by atoms with Crippen LogP contribution in [0.25, 0.3) is 10.9 Å². The van der Waals surface area contributed by atoms with Gasteiger partial charge in [0.1, 0.15) is 5.76 Å². The van der Waals surface area contributed by atoms with Crippen LogP contribution in [0.5, 0.6) is 0 Å². The number of H-pyrrole nitrogens is 1. The van der Waals surface area contributed by atoms with Gasteiger partial charge in [-0.3, -0.25) is 4.79 Å². The standard InChI is InChI=1S/C22H19ClN2O2/c1-14-10-11-21(27-14)22(26)25-13-17(15-6-2-4-8-19(15)23)18-12-24-20-9-5-3-7-16(18)20/h2-12,17,24H,13H2,1H3,(H,25,26). The molecule has 4 aromatic rings. The monoisotopic (exact) mass is 378 g/mol. The maximum atomic E-state index is 12.5. The summed E-state index contributed by atoms with van der Waals surface area (Å²) in [6, 6.07) is 19.3. The summed E-state index contributed by atoms with van der Waals surface area (Å²) in [5.41, 5.74) is 3.12. The van der Waals surface area contributed by atoms with E-state index in [1.807, 2.05) is 55.6 Å². The molecule has 4 nitrogen and oxygen atoms in total. The number of aryl methyl sites for hydroxylation is 1. The van der Waals surface area contributed by atoms with E-state index < -0.39 is 0 Å². The molecule has 0 spiro atoms. The Kier molecular flexibility index (Phi) is 4.73. The van der Waals surface area contributed by atoms with Crippen LogP contribution in [-0.4, -0.2) is 17.4 Å². The number of amides is 1. The van der Waals surface area contributed by atoms with Gasteiger partial charge in [0.25, 0.3) is 5.91 Å². The number of hydrogen-bond donors (Lipinski definition) is 2. The zero-order chi connectivity index (χ0) is 18.8. The van der Waals surface area contributed by atoms with E-state index in [9.17, 15) is 4.79 Å². The Balaban J connectivity index is 1.68. The van der Waals surface area contributed by atoms with Crippen LogP contribution < -0.4 is 5.32 Å². The van der Waals surface area contributed by atoms with Crippen molar-refractivity contribution in [3.05, 3.63) is 94.5 Å². The highest BCUT2D eigenvalue weighted by atomic mass is 35.5. The second kappa shape index (κ2) is 7.33. The van der Waals surface area contributed by atoms with E-state index in [2.05, 4.69) is 16.4 Å². The van der Waals surface area contributed by atoms with Crippen molar-refractivity contribution in [1.29, 1.82) is 0 Å². The first kappa shape index (κ1) is 17.4. The van der Waals surface area contributed by atoms with E-state index in [4.69, 9.17) is 16.0 Å². The molecule has 1 amide bonds. The van der Waals surface area contributed by atoms with Crippen molar-refractivity contribution in [2.45, 2.75) is 12.8 Å². The summed E-state index contributed by atoms with van der Waals surface area (Å²) in [6.07, 6.45) is 1.99. The van der Waals surface area contributed by atoms with Crippen molar-refractivity contribution in [2.75, 3.05) is 6.54 Å². The van der Waals surface area contributed by atoms with Gasteiger partial charge in [0.15, 0.2) is 5.76 Å². The average Bonchev–Trinajstić information content (AvgIpc) is 3.30. The van der Waals surface area contributed by atoms with Gasteiger partial charge in [-0.15, -0.1) is 0 Å². The Morgan fingerprint density at radius 2 is 1.85 bits per heavy atom. The lowest BCUT2D eigenvalue weighted by atomic mass is 9.90. The second-order valence-electron chi connectivity index (χ2n) is 6.48. The number of para-hydroxylation sites is 1. The molecule has 0 aliphatic carbocycles. The number of aromatic amines is 1. The molecule has 2 N–H and O–H groups in total. The number of fused-ring (bicyclic) bond motifs is 1. The molecule has 2 heterocycles. The molecule has 1 atom stereocenters. The Morgan fingerprint density at radius 1 is 1.07 bits per heavy atom. The molecular weight excluding hydrogens is 360 g/mol. The van der Waals surface area contributed by atoms with Crippen LogP contribution in [-0.2, 0) is 0 Å². The lowest BCUT2D eigenvalue weighted by molar-refractivity contribution is 0.0923. The van der Waals surface area contributed by atoms with Crippen molar-refractivity contribution in [1.82, 2.24) is 10.3 Å². The number of rotatable bonds is 5. The first-order valence-electron chi connectivity index (χ1n) is 8.78. The summed E-state index contributed by atoms with van der Waals surface area (Å²) in [4.78, 5) is 15.8. The van der Waals surface area contributed by atoms with E-state index >= 15 is 0 Å². The lowest BCUT2D eigenvalue weighted by Gasteiger charge is -2.19. The number of furan rings is 1. The van der Waals surface area contributed by atoms with Crippen molar-refractivity contribution in [2.24, 2.45) is 0 Å². The van der Waals surface area contributed by atoms with Crippen LogP contribution in [0.4, 0.5) is 0 Å². The molecule has 0 radical (unpaired) electrons. The van der Waals surface area contributed by atoms with Gasteiger partial charge in [-0.1, -0.05) is 48.0 Å². The number of benzene rings is 2. The van der Waals surface area contributed by atoms with Gasteiger partial charge in [-0.2, -0.15) is 0 Å². The maximum absolute atomic E-state index is 12.5. The van der Waals surface area contributed by atoms with Crippen LogP contribution in [0, 0.1) is 6.92 Å². The maximum Gasteiger partial charge on any atom is 0.287 e. The minimum atomic E-state index is -0.236. The first-order chi connectivity index (χ1) is 13.1. The normalized spacial score (nSPS) is 12.2. The summed E-state index contributed by atoms with van der Waals surface area (Å²) in [7, 11) is 0.